The second-order valence-corrected chi connectivity index (χ2v) is 5.03. The van der Waals surface area contributed by atoms with E-state index in [0.29, 0.717) is 18.4 Å². The van der Waals surface area contributed by atoms with Gasteiger partial charge >= 0.3 is 0 Å². The summed E-state index contributed by atoms with van der Waals surface area (Å²) in [5.74, 6) is -0.761. The summed E-state index contributed by atoms with van der Waals surface area (Å²) in [6, 6.07) is 6.29. The van der Waals surface area contributed by atoms with Gasteiger partial charge in [0.25, 0.3) is 0 Å². The third-order valence-electron chi connectivity index (χ3n) is 3.93. The van der Waals surface area contributed by atoms with Gasteiger partial charge < -0.3 is 15.8 Å². The highest BCUT2D eigenvalue weighted by molar-refractivity contribution is 6.06. The van der Waals surface area contributed by atoms with E-state index in [-0.39, 0.29) is 24.1 Å². The number of amidine groups is 1. The molecule has 1 rings (SSSR count). The second kappa shape index (κ2) is 7.06. The van der Waals surface area contributed by atoms with E-state index in [1.807, 2.05) is 0 Å². The van der Waals surface area contributed by atoms with Gasteiger partial charge in [0.2, 0.25) is 5.91 Å². The largest absolute Gasteiger partial charge is 0.409 e. The zero-order chi connectivity index (χ0) is 16.0. The number of hydrogen-bond acceptors (Lipinski definition) is 3. The van der Waals surface area contributed by atoms with Crippen LogP contribution >= 0.6 is 0 Å². The van der Waals surface area contributed by atoms with Gasteiger partial charge in [-0.25, -0.2) is 4.39 Å². The fourth-order valence-corrected chi connectivity index (χ4v) is 2.44. The molecule has 0 fully saturated rings. The number of hydrogen-bond donors (Lipinski definition) is 2. The van der Waals surface area contributed by atoms with Crippen LogP contribution < -0.4 is 5.73 Å². The summed E-state index contributed by atoms with van der Waals surface area (Å²) >= 11 is 0. The normalized spacial score (nSPS) is 12.3. The van der Waals surface area contributed by atoms with Gasteiger partial charge in [-0.3, -0.25) is 4.79 Å². The van der Waals surface area contributed by atoms with Crippen LogP contribution in [0.3, 0.4) is 0 Å². The van der Waals surface area contributed by atoms with Gasteiger partial charge in [0, 0.05) is 19.2 Å². The molecule has 0 aliphatic heterocycles. The van der Waals surface area contributed by atoms with Crippen LogP contribution in [0.15, 0.2) is 29.4 Å². The number of carbonyl (C=O) groups excluding carboxylic acids is 1. The predicted octanol–water partition coefficient (Wildman–Crippen LogP) is 2.34. The van der Waals surface area contributed by atoms with Crippen molar-refractivity contribution in [3.63, 3.8) is 0 Å². The molecular weight excluding hydrogens is 273 g/mol. The Bertz CT molecular complexity index is 527. The average Bonchev–Trinajstić information content (AvgIpc) is 2.50. The van der Waals surface area contributed by atoms with Crippen LogP contribution in [-0.4, -0.2) is 28.9 Å². The fraction of sp³-hybridized carbons (Fsp3) is 0.467. The Labute approximate surface area is 124 Å². The van der Waals surface area contributed by atoms with Gasteiger partial charge in [-0.15, -0.1) is 0 Å². The number of halogens is 1. The Morgan fingerprint density at radius 2 is 1.95 bits per heavy atom. The Kier molecular flexibility index (Phi) is 5.69. The monoisotopic (exact) mass is 295 g/mol. The quantitative estimate of drug-likeness (QED) is 0.366. The van der Waals surface area contributed by atoms with Crippen LogP contribution in [0.2, 0.25) is 0 Å². The molecule has 0 aliphatic carbocycles. The first-order valence-corrected chi connectivity index (χ1v) is 6.89. The summed E-state index contributed by atoms with van der Waals surface area (Å²) in [5, 5.41) is 11.9. The first-order valence-electron chi connectivity index (χ1n) is 6.89. The van der Waals surface area contributed by atoms with Gasteiger partial charge in [0.05, 0.1) is 0 Å². The van der Waals surface area contributed by atoms with Gasteiger partial charge in [0.1, 0.15) is 11.2 Å². The molecule has 3 N–H and O–H groups in total. The van der Waals surface area contributed by atoms with Crippen molar-refractivity contribution in [1.29, 1.82) is 0 Å². The highest BCUT2D eigenvalue weighted by atomic mass is 19.1. The molecule has 0 unspecified atom stereocenters. The maximum atomic E-state index is 13.7. The molecule has 21 heavy (non-hydrogen) atoms. The maximum absolute atomic E-state index is 13.7. The topological polar surface area (TPSA) is 78.9 Å². The average molecular weight is 295 g/mol. The van der Waals surface area contributed by atoms with Gasteiger partial charge in [-0.05, 0) is 18.9 Å². The molecule has 1 amide bonds. The number of benzene rings is 1. The molecule has 0 radical (unpaired) electrons. The van der Waals surface area contributed by atoms with Crippen molar-refractivity contribution >= 4 is 11.7 Å². The van der Waals surface area contributed by atoms with E-state index < -0.39 is 5.41 Å². The molecule has 0 heterocycles. The van der Waals surface area contributed by atoms with Crippen molar-refractivity contribution in [3.8, 4) is 0 Å². The molecule has 116 valence electrons. The summed E-state index contributed by atoms with van der Waals surface area (Å²) < 4.78 is 13.7. The van der Waals surface area contributed by atoms with Crippen LogP contribution in [0.1, 0.15) is 32.3 Å². The molecule has 0 spiro atoms. The van der Waals surface area contributed by atoms with Gasteiger partial charge in [-0.2, -0.15) is 0 Å². The number of nitrogens with two attached hydrogens (primary N) is 1. The SMILES string of the molecule is CCC(CC)(C(=O)N(C)Cc1ccccc1F)C(N)=NO. The van der Waals surface area contributed by atoms with E-state index in [0.717, 1.165) is 0 Å². The third kappa shape index (κ3) is 3.32. The Morgan fingerprint density at radius 1 is 1.38 bits per heavy atom. The lowest BCUT2D eigenvalue weighted by atomic mass is 9.79. The molecule has 1 aromatic carbocycles. The maximum Gasteiger partial charge on any atom is 0.236 e. The van der Waals surface area contributed by atoms with E-state index in [1.165, 1.54) is 11.0 Å². The number of rotatable bonds is 6. The van der Waals surface area contributed by atoms with Crippen molar-refractivity contribution in [3.05, 3.63) is 35.6 Å². The highest BCUT2D eigenvalue weighted by Crippen LogP contribution is 2.29. The number of oxime groups is 1. The number of nitrogens with zero attached hydrogens (tertiary/aromatic N) is 2. The van der Waals surface area contributed by atoms with E-state index in [2.05, 4.69) is 5.16 Å². The van der Waals surface area contributed by atoms with Crippen molar-refractivity contribution in [2.75, 3.05) is 7.05 Å². The molecule has 0 atom stereocenters. The van der Waals surface area contributed by atoms with Crippen molar-refractivity contribution in [2.45, 2.75) is 33.2 Å². The smallest absolute Gasteiger partial charge is 0.236 e. The minimum atomic E-state index is -1.06. The molecule has 0 aromatic heterocycles. The van der Waals surface area contributed by atoms with E-state index in [9.17, 15) is 9.18 Å². The highest BCUT2D eigenvalue weighted by Gasteiger charge is 2.41. The van der Waals surface area contributed by atoms with Crippen LogP contribution in [0.4, 0.5) is 4.39 Å². The molecule has 6 heteroatoms. The van der Waals surface area contributed by atoms with Crippen molar-refractivity contribution in [1.82, 2.24) is 4.90 Å². The van der Waals surface area contributed by atoms with E-state index in [1.54, 1.807) is 39.1 Å². The zero-order valence-corrected chi connectivity index (χ0v) is 12.6. The summed E-state index contributed by atoms with van der Waals surface area (Å²) in [5.41, 5.74) is 5.08. The molecule has 0 bridgehead atoms. The third-order valence-corrected chi connectivity index (χ3v) is 3.93. The van der Waals surface area contributed by atoms with Crippen molar-refractivity contribution < 1.29 is 14.4 Å². The molecule has 0 saturated heterocycles. The number of carbonyl (C=O) groups is 1. The summed E-state index contributed by atoms with van der Waals surface area (Å²) in [7, 11) is 1.58. The second-order valence-electron chi connectivity index (χ2n) is 5.03. The first kappa shape index (κ1) is 16.9. The summed E-state index contributed by atoms with van der Waals surface area (Å²) in [4.78, 5) is 14.1. The van der Waals surface area contributed by atoms with Crippen LogP contribution in [0.25, 0.3) is 0 Å². The lowest BCUT2D eigenvalue weighted by molar-refractivity contribution is -0.138. The standard InChI is InChI=1S/C15H22FN3O2/c1-4-15(5-2,13(17)18-21)14(20)19(3)10-11-8-6-7-9-12(11)16/h6-9,21H,4-5,10H2,1-3H3,(H2,17,18). The minimum absolute atomic E-state index is 0.113. The summed E-state index contributed by atoms with van der Waals surface area (Å²) in [6.45, 7) is 3.73. The Hall–Kier alpha value is -2.11. The number of amides is 1. The lowest BCUT2D eigenvalue weighted by Gasteiger charge is -2.33. The van der Waals surface area contributed by atoms with E-state index in [4.69, 9.17) is 10.9 Å². The molecule has 0 saturated carbocycles. The minimum Gasteiger partial charge on any atom is -0.409 e. The Balaban J connectivity index is 3.02. The molecule has 0 aliphatic rings. The Morgan fingerprint density at radius 3 is 2.43 bits per heavy atom. The summed E-state index contributed by atoms with van der Waals surface area (Å²) in [6.07, 6.45) is 0.805. The van der Waals surface area contributed by atoms with Crippen LogP contribution in [0, 0.1) is 11.2 Å². The molecule has 5 nitrogen and oxygen atoms in total. The van der Waals surface area contributed by atoms with E-state index >= 15 is 0 Å². The van der Waals surface area contributed by atoms with Crippen molar-refractivity contribution in [2.24, 2.45) is 16.3 Å². The van der Waals surface area contributed by atoms with Gasteiger partial charge in [-0.1, -0.05) is 37.2 Å². The first-order chi connectivity index (χ1) is 9.92. The predicted molar refractivity (Wildman–Crippen MR) is 79.3 cm³/mol. The van der Waals surface area contributed by atoms with Gasteiger partial charge in [0.15, 0.2) is 5.84 Å². The van der Waals surface area contributed by atoms with Crippen LogP contribution in [0.5, 0.6) is 0 Å². The van der Waals surface area contributed by atoms with Crippen LogP contribution in [-0.2, 0) is 11.3 Å². The lowest BCUT2D eigenvalue weighted by Crippen LogP contribution is -2.49. The molecule has 1 aromatic rings. The molecular formula is C15H22FN3O2. The zero-order valence-electron chi connectivity index (χ0n) is 12.6. The fourth-order valence-electron chi connectivity index (χ4n) is 2.44.